The topological polar surface area (TPSA) is 63.6 Å². The number of carboxylic acids is 1. The van der Waals surface area contributed by atoms with Gasteiger partial charge in [0.1, 0.15) is 0 Å². The number of esters is 1. The minimum absolute atomic E-state index is 0.0298. The molecule has 1 N–H and O–H groups in total. The van der Waals surface area contributed by atoms with Crippen molar-refractivity contribution in [1.82, 2.24) is 0 Å². The molecule has 0 fully saturated rings. The molecule has 0 amide bonds. The standard InChI is InChI=1S/C11H10Cl2O4/c1-17-11(16)8(10(14)15)4-6-2-3-7(12)5-9(6)13/h2-3,5,8H,4H2,1H3,(H,14,15). The van der Waals surface area contributed by atoms with Crippen molar-refractivity contribution in [3.8, 4) is 0 Å². The van der Waals surface area contributed by atoms with Gasteiger partial charge in [-0.25, -0.2) is 0 Å². The summed E-state index contributed by atoms with van der Waals surface area (Å²) in [5, 5.41) is 9.69. The van der Waals surface area contributed by atoms with Crippen molar-refractivity contribution in [2.75, 3.05) is 7.11 Å². The van der Waals surface area contributed by atoms with Crippen LogP contribution in [0.5, 0.6) is 0 Å². The summed E-state index contributed by atoms with van der Waals surface area (Å²) in [6, 6.07) is 4.66. The number of rotatable bonds is 4. The molecule has 0 saturated carbocycles. The number of ether oxygens (including phenoxy) is 1. The van der Waals surface area contributed by atoms with Crippen LogP contribution in [-0.4, -0.2) is 24.2 Å². The maximum Gasteiger partial charge on any atom is 0.320 e. The van der Waals surface area contributed by atoms with Crippen molar-refractivity contribution in [3.05, 3.63) is 33.8 Å². The normalized spacial score (nSPS) is 11.9. The summed E-state index contributed by atoms with van der Waals surface area (Å²) in [4.78, 5) is 22.2. The number of hydrogen-bond acceptors (Lipinski definition) is 3. The minimum atomic E-state index is -1.27. The highest BCUT2D eigenvalue weighted by molar-refractivity contribution is 6.35. The Morgan fingerprint density at radius 2 is 2.06 bits per heavy atom. The molecule has 17 heavy (non-hydrogen) atoms. The molecule has 0 aliphatic rings. The molecule has 1 rings (SSSR count). The third-order valence-corrected chi connectivity index (χ3v) is 2.81. The van der Waals surface area contributed by atoms with Gasteiger partial charge in [0.25, 0.3) is 0 Å². The first-order chi connectivity index (χ1) is 7.95. The van der Waals surface area contributed by atoms with Crippen LogP contribution in [0.2, 0.25) is 10.0 Å². The average Bonchev–Trinajstić information content (AvgIpc) is 2.26. The molecule has 1 aromatic rings. The first kappa shape index (κ1) is 13.8. The second-order valence-electron chi connectivity index (χ2n) is 3.35. The van der Waals surface area contributed by atoms with Crippen LogP contribution < -0.4 is 0 Å². The quantitative estimate of drug-likeness (QED) is 0.678. The molecular weight excluding hydrogens is 267 g/mol. The van der Waals surface area contributed by atoms with Gasteiger partial charge >= 0.3 is 11.9 Å². The van der Waals surface area contributed by atoms with Gasteiger partial charge in [0.15, 0.2) is 5.92 Å². The lowest BCUT2D eigenvalue weighted by Crippen LogP contribution is -2.27. The van der Waals surface area contributed by atoms with E-state index in [0.29, 0.717) is 15.6 Å². The maximum absolute atomic E-state index is 11.3. The van der Waals surface area contributed by atoms with Gasteiger partial charge in [-0.3, -0.25) is 9.59 Å². The summed E-state index contributed by atoms with van der Waals surface area (Å²) >= 11 is 11.6. The first-order valence-corrected chi connectivity index (χ1v) is 5.46. The van der Waals surface area contributed by atoms with E-state index in [9.17, 15) is 9.59 Å². The fraction of sp³-hybridized carbons (Fsp3) is 0.273. The molecule has 1 aromatic carbocycles. The van der Waals surface area contributed by atoms with Crippen molar-refractivity contribution < 1.29 is 19.4 Å². The number of hydrogen-bond donors (Lipinski definition) is 1. The van der Waals surface area contributed by atoms with Crippen LogP contribution in [0.25, 0.3) is 0 Å². The zero-order valence-electron chi connectivity index (χ0n) is 8.94. The Kier molecular flexibility index (Phi) is 4.78. The Hall–Kier alpha value is -1.26. The molecule has 1 atom stereocenters. The van der Waals surface area contributed by atoms with E-state index in [1.165, 1.54) is 6.07 Å². The second-order valence-corrected chi connectivity index (χ2v) is 4.20. The number of methoxy groups -OCH3 is 1. The summed E-state index contributed by atoms with van der Waals surface area (Å²) in [5.74, 6) is -3.31. The molecule has 0 heterocycles. The van der Waals surface area contributed by atoms with Crippen molar-refractivity contribution in [1.29, 1.82) is 0 Å². The lowest BCUT2D eigenvalue weighted by atomic mass is 9.99. The van der Waals surface area contributed by atoms with Gasteiger partial charge in [-0.15, -0.1) is 0 Å². The highest BCUT2D eigenvalue weighted by atomic mass is 35.5. The van der Waals surface area contributed by atoms with Gasteiger partial charge in [-0.2, -0.15) is 0 Å². The summed E-state index contributed by atoms with van der Waals surface area (Å²) in [7, 11) is 1.14. The summed E-state index contributed by atoms with van der Waals surface area (Å²) < 4.78 is 4.42. The van der Waals surface area contributed by atoms with Crippen LogP contribution in [0.4, 0.5) is 0 Å². The lowest BCUT2D eigenvalue weighted by molar-refractivity contribution is -0.156. The van der Waals surface area contributed by atoms with Crippen molar-refractivity contribution in [3.63, 3.8) is 0 Å². The Morgan fingerprint density at radius 3 is 2.53 bits per heavy atom. The lowest BCUT2D eigenvalue weighted by Gasteiger charge is -2.11. The number of aliphatic carboxylic acids is 1. The average molecular weight is 277 g/mol. The van der Waals surface area contributed by atoms with Crippen LogP contribution in [-0.2, 0) is 20.7 Å². The van der Waals surface area contributed by atoms with Crippen LogP contribution >= 0.6 is 23.2 Å². The predicted molar refractivity (Wildman–Crippen MR) is 63.3 cm³/mol. The molecule has 4 nitrogen and oxygen atoms in total. The number of carbonyl (C=O) groups excluding carboxylic acids is 1. The number of carbonyl (C=O) groups is 2. The fourth-order valence-corrected chi connectivity index (χ4v) is 1.81. The summed E-state index contributed by atoms with van der Waals surface area (Å²) in [5.41, 5.74) is 0.536. The predicted octanol–water partition coefficient (Wildman–Crippen LogP) is 2.41. The molecule has 6 heteroatoms. The monoisotopic (exact) mass is 276 g/mol. The molecule has 0 aromatic heterocycles. The molecule has 1 unspecified atom stereocenters. The molecule has 92 valence electrons. The van der Waals surface area contributed by atoms with E-state index in [1.54, 1.807) is 12.1 Å². The molecule has 0 aliphatic heterocycles. The van der Waals surface area contributed by atoms with Gasteiger partial charge in [-0.1, -0.05) is 29.3 Å². The van der Waals surface area contributed by atoms with Gasteiger partial charge in [0.2, 0.25) is 0 Å². The van der Waals surface area contributed by atoms with Gasteiger partial charge in [0.05, 0.1) is 7.11 Å². The number of carboxylic acid groups (broad SMARTS) is 1. The van der Waals surface area contributed by atoms with Crippen LogP contribution in [0.15, 0.2) is 18.2 Å². The Bertz CT molecular complexity index is 445. The molecule has 0 bridgehead atoms. The van der Waals surface area contributed by atoms with Crippen LogP contribution in [0.3, 0.4) is 0 Å². The zero-order chi connectivity index (χ0) is 13.0. The maximum atomic E-state index is 11.3. The highest BCUT2D eigenvalue weighted by Crippen LogP contribution is 2.23. The smallest absolute Gasteiger partial charge is 0.320 e. The molecular formula is C11H10Cl2O4. The van der Waals surface area contributed by atoms with Gasteiger partial charge < -0.3 is 9.84 Å². The van der Waals surface area contributed by atoms with Crippen molar-refractivity contribution in [2.24, 2.45) is 5.92 Å². The zero-order valence-corrected chi connectivity index (χ0v) is 10.5. The number of halogens is 2. The molecule has 0 saturated heterocycles. The van der Waals surface area contributed by atoms with E-state index in [0.717, 1.165) is 7.11 Å². The SMILES string of the molecule is COC(=O)C(Cc1ccc(Cl)cc1Cl)C(=O)O. The Balaban J connectivity index is 2.94. The number of benzene rings is 1. The Morgan fingerprint density at radius 1 is 1.41 bits per heavy atom. The van der Waals surface area contributed by atoms with Crippen molar-refractivity contribution >= 4 is 35.1 Å². The van der Waals surface area contributed by atoms with Crippen molar-refractivity contribution in [2.45, 2.75) is 6.42 Å². The molecule has 0 spiro atoms. The third kappa shape index (κ3) is 3.61. The van der Waals surface area contributed by atoms with E-state index >= 15 is 0 Å². The largest absolute Gasteiger partial charge is 0.481 e. The first-order valence-electron chi connectivity index (χ1n) is 4.70. The Labute approximate surface area is 108 Å². The summed E-state index contributed by atoms with van der Waals surface area (Å²) in [6.07, 6.45) is -0.0298. The van der Waals surface area contributed by atoms with Crippen LogP contribution in [0, 0.1) is 5.92 Å². The van der Waals surface area contributed by atoms with E-state index in [1.807, 2.05) is 0 Å². The minimum Gasteiger partial charge on any atom is -0.481 e. The van der Waals surface area contributed by atoms with Gasteiger partial charge in [-0.05, 0) is 24.1 Å². The van der Waals surface area contributed by atoms with E-state index < -0.39 is 17.9 Å². The summed E-state index contributed by atoms with van der Waals surface area (Å²) in [6.45, 7) is 0. The van der Waals surface area contributed by atoms with Gasteiger partial charge in [0, 0.05) is 10.0 Å². The van der Waals surface area contributed by atoms with E-state index in [4.69, 9.17) is 28.3 Å². The van der Waals surface area contributed by atoms with Crippen LogP contribution in [0.1, 0.15) is 5.56 Å². The highest BCUT2D eigenvalue weighted by Gasteiger charge is 2.28. The van der Waals surface area contributed by atoms with E-state index in [2.05, 4.69) is 4.74 Å². The molecule has 0 radical (unpaired) electrons. The molecule has 0 aliphatic carbocycles. The third-order valence-electron chi connectivity index (χ3n) is 2.22. The fourth-order valence-electron chi connectivity index (χ4n) is 1.32. The van der Waals surface area contributed by atoms with E-state index in [-0.39, 0.29) is 6.42 Å². The second kappa shape index (κ2) is 5.89.